The van der Waals surface area contributed by atoms with E-state index in [9.17, 15) is 5.11 Å². The van der Waals surface area contributed by atoms with E-state index in [4.69, 9.17) is 18.6 Å². The fraction of sp³-hybridized carbons (Fsp3) is 0.235. The molecule has 5 heteroatoms. The molecule has 2 rings (SSSR count). The van der Waals surface area contributed by atoms with Crippen LogP contribution in [-0.4, -0.2) is 11.3 Å². The third-order valence-corrected chi connectivity index (χ3v) is 3.03. The summed E-state index contributed by atoms with van der Waals surface area (Å²) in [5, 5.41) is 10.0. The third-order valence-electron chi connectivity index (χ3n) is 3.03. The number of hydrogen-bond donors (Lipinski definition) is 1. The summed E-state index contributed by atoms with van der Waals surface area (Å²) in [6.45, 7) is 8.03. The molecule has 0 spiro atoms. The average Bonchev–Trinajstić information content (AvgIpc) is 2.41. The first-order chi connectivity index (χ1) is 10.4. The summed E-state index contributed by atoms with van der Waals surface area (Å²) in [7, 11) is 9.78. The Kier molecular flexibility index (Phi) is 8.20. The summed E-state index contributed by atoms with van der Waals surface area (Å²) >= 11 is -0.556. The van der Waals surface area contributed by atoms with Crippen LogP contribution in [-0.2, 0) is 17.0 Å². The maximum atomic E-state index is 10.0. The van der Waals surface area contributed by atoms with Crippen LogP contribution in [0.1, 0.15) is 27.8 Å². The van der Waals surface area contributed by atoms with Gasteiger partial charge in [0.2, 0.25) is 0 Å². The van der Waals surface area contributed by atoms with Crippen molar-refractivity contribution in [2.75, 3.05) is 0 Å². The molecule has 2 aromatic carbocycles. The van der Waals surface area contributed by atoms with Crippen molar-refractivity contribution < 1.29 is 22.1 Å². The van der Waals surface area contributed by atoms with Crippen LogP contribution in [0, 0.1) is 27.7 Å². The topological polar surface area (TPSA) is 32.6 Å². The molecule has 0 heterocycles. The number of phenolic OH excluding ortho intramolecular Hbond substituents is 1. The van der Waals surface area contributed by atoms with Gasteiger partial charge in [0.15, 0.2) is 0 Å². The molecule has 0 aliphatic heterocycles. The SMILES string of the molecule is Cc1cc(C)cc(N=Cc2cc(C)cc(C)c2O)c1.[Cl][Ti][Cl]. The Balaban J connectivity index is 0.000000745. The number of halogens is 2. The average molecular weight is 372 g/mol. The number of aryl methyl sites for hydroxylation is 4. The van der Waals surface area contributed by atoms with Crippen LogP contribution in [0.5, 0.6) is 5.75 Å². The van der Waals surface area contributed by atoms with Gasteiger partial charge in [0.25, 0.3) is 0 Å². The number of hydrogen-bond acceptors (Lipinski definition) is 2. The van der Waals surface area contributed by atoms with Gasteiger partial charge in [-0.2, -0.15) is 0 Å². The van der Waals surface area contributed by atoms with Crippen molar-refractivity contribution in [3.05, 3.63) is 58.1 Å². The van der Waals surface area contributed by atoms with Crippen molar-refractivity contribution in [3.8, 4) is 5.75 Å². The van der Waals surface area contributed by atoms with Gasteiger partial charge in [-0.25, -0.2) is 0 Å². The van der Waals surface area contributed by atoms with Gasteiger partial charge in [0.1, 0.15) is 5.75 Å². The molecule has 0 atom stereocenters. The molecule has 0 bridgehead atoms. The molecular formula is C17H19Cl2NOTi. The van der Waals surface area contributed by atoms with Crippen molar-refractivity contribution in [1.29, 1.82) is 0 Å². The predicted molar refractivity (Wildman–Crippen MR) is 92.5 cm³/mol. The van der Waals surface area contributed by atoms with Gasteiger partial charge in [0, 0.05) is 11.8 Å². The molecule has 0 radical (unpaired) electrons. The summed E-state index contributed by atoms with van der Waals surface area (Å²) in [5.74, 6) is 0.304. The van der Waals surface area contributed by atoms with Crippen molar-refractivity contribution in [1.82, 2.24) is 0 Å². The summed E-state index contributed by atoms with van der Waals surface area (Å²) in [4.78, 5) is 4.46. The van der Waals surface area contributed by atoms with E-state index in [2.05, 4.69) is 24.9 Å². The molecule has 0 saturated carbocycles. The van der Waals surface area contributed by atoms with Crippen molar-refractivity contribution in [2.24, 2.45) is 4.99 Å². The summed E-state index contributed by atoms with van der Waals surface area (Å²) in [5.41, 5.74) is 6.06. The second-order valence-corrected chi connectivity index (χ2v) is 7.77. The van der Waals surface area contributed by atoms with Gasteiger partial charge in [0.05, 0.1) is 5.69 Å². The minimum absolute atomic E-state index is 0.304. The molecule has 116 valence electrons. The maximum absolute atomic E-state index is 10.0. The zero-order valence-electron chi connectivity index (χ0n) is 13.1. The predicted octanol–water partition coefficient (Wildman–Crippen LogP) is 5.75. The quantitative estimate of drug-likeness (QED) is 0.528. The fourth-order valence-corrected chi connectivity index (χ4v) is 2.26. The Labute approximate surface area is 148 Å². The molecule has 22 heavy (non-hydrogen) atoms. The van der Waals surface area contributed by atoms with E-state index in [1.807, 2.05) is 38.1 Å². The molecule has 0 saturated heterocycles. The standard InChI is InChI=1S/C17H19NO.2ClH.Ti/c1-11-5-12(2)9-16(8-11)18-10-15-7-13(3)6-14(4)17(15)19;;;/h5-10,19H,1-4H3;2*1H;/q;;;+2/p-2. The molecule has 1 N–H and O–H groups in total. The number of rotatable bonds is 2. The van der Waals surface area contributed by atoms with Gasteiger partial charge < -0.3 is 5.11 Å². The van der Waals surface area contributed by atoms with Gasteiger partial charge in [-0.3, -0.25) is 4.99 Å². The molecule has 0 aromatic heterocycles. The van der Waals surface area contributed by atoms with Crippen molar-refractivity contribution >= 4 is 30.5 Å². The summed E-state index contributed by atoms with van der Waals surface area (Å²) in [6, 6.07) is 10.1. The second kappa shape index (κ2) is 9.37. The van der Waals surface area contributed by atoms with E-state index < -0.39 is 17.0 Å². The van der Waals surface area contributed by atoms with Gasteiger partial charge in [-0.1, -0.05) is 12.1 Å². The molecular weight excluding hydrogens is 353 g/mol. The van der Waals surface area contributed by atoms with Gasteiger partial charge >= 0.3 is 35.6 Å². The molecule has 0 fully saturated rings. The first-order valence-electron chi connectivity index (χ1n) is 6.76. The zero-order valence-corrected chi connectivity index (χ0v) is 16.2. The van der Waals surface area contributed by atoms with Crippen LogP contribution in [0.3, 0.4) is 0 Å². The molecule has 0 unspecified atom stereocenters. The Morgan fingerprint density at radius 2 is 1.41 bits per heavy atom. The summed E-state index contributed by atoms with van der Waals surface area (Å²) < 4.78 is 0. The van der Waals surface area contributed by atoms with E-state index in [0.29, 0.717) is 5.75 Å². The first-order valence-corrected chi connectivity index (χ1v) is 11.1. The van der Waals surface area contributed by atoms with Crippen LogP contribution in [0.4, 0.5) is 5.69 Å². The molecule has 0 aliphatic rings. The minimum atomic E-state index is -0.556. The van der Waals surface area contributed by atoms with Crippen LogP contribution in [0.25, 0.3) is 0 Å². The normalized spacial score (nSPS) is 10.3. The van der Waals surface area contributed by atoms with E-state index >= 15 is 0 Å². The van der Waals surface area contributed by atoms with E-state index in [-0.39, 0.29) is 0 Å². The molecule has 0 amide bonds. The Morgan fingerprint density at radius 3 is 1.95 bits per heavy atom. The monoisotopic (exact) mass is 371 g/mol. The second-order valence-electron chi connectivity index (χ2n) is 5.20. The van der Waals surface area contributed by atoms with E-state index in [1.54, 1.807) is 6.21 Å². The van der Waals surface area contributed by atoms with E-state index in [1.165, 1.54) is 11.1 Å². The number of aliphatic imine (C=N–C) groups is 1. The van der Waals surface area contributed by atoms with Crippen molar-refractivity contribution in [3.63, 3.8) is 0 Å². The number of phenols is 1. The van der Waals surface area contributed by atoms with E-state index in [0.717, 1.165) is 22.4 Å². The summed E-state index contributed by atoms with van der Waals surface area (Å²) in [6.07, 6.45) is 1.73. The first kappa shape index (κ1) is 19.3. The van der Waals surface area contributed by atoms with Gasteiger partial charge in [-0.05, 0) is 68.1 Å². The number of nitrogens with zero attached hydrogens (tertiary/aromatic N) is 1. The van der Waals surface area contributed by atoms with Gasteiger partial charge in [-0.15, -0.1) is 0 Å². The molecule has 0 aliphatic carbocycles. The fourth-order valence-electron chi connectivity index (χ4n) is 2.26. The molecule has 2 nitrogen and oxygen atoms in total. The Morgan fingerprint density at radius 1 is 0.909 bits per heavy atom. The van der Waals surface area contributed by atoms with Crippen LogP contribution < -0.4 is 0 Å². The zero-order chi connectivity index (χ0) is 16.7. The van der Waals surface area contributed by atoms with Crippen LogP contribution >= 0.6 is 18.6 Å². The molecule has 2 aromatic rings. The third kappa shape index (κ3) is 6.14. The Bertz CT molecular complexity index is 652. The van der Waals surface area contributed by atoms with Crippen LogP contribution in [0.2, 0.25) is 0 Å². The number of aromatic hydroxyl groups is 1. The van der Waals surface area contributed by atoms with Crippen LogP contribution in [0.15, 0.2) is 35.3 Å². The number of benzene rings is 2. The Hall–Kier alpha value is -0.796. The van der Waals surface area contributed by atoms with Crippen molar-refractivity contribution in [2.45, 2.75) is 27.7 Å².